The molecule has 80 valence electrons. The van der Waals surface area contributed by atoms with E-state index in [4.69, 9.17) is 0 Å². The summed E-state index contributed by atoms with van der Waals surface area (Å²) in [4.78, 5) is 7.91. The van der Waals surface area contributed by atoms with Crippen LogP contribution in [0.15, 0.2) is 23.7 Å². The molecule has 0 amide bonds. The Labute approximate surface area is 89.8 Å². The smallest absolute Gasteiger partial charge is 0.149 e. The third-order valence-electron chi connectivity index (χ3n) is 2.59. The first kappa shape index (κ1) is 10.1. The van der Waals surface area contributed by atoms with Gasteiger partial charge in [-0.25, -0.2) is 9.97 Å². The Morgan fingerprint density at radius 1 is 1.13 bits per heavy atom. The van der Waals surface area contributed by atoms with Crippen LogP contribution in [0.4, 0.5) is 5.82 Å². The van der Waals surface area contributed by atoms with E-state index in [1.807, 2.05) is 6.07 Å². The van der Waals surface area contributed by atoms with Gasteiger partial charge in [-0.15, -0.1) is 0 Å². The van der Waals surface area contributed by atoms with Crippen LogP contribution in [0.5, 0.6) is 0 Å². The van der Waals surface area contributed by atoms with Crippen LogP contribution in [0.1, 0.15) is 38.5 Å². The van der Waals surface area contributed by atoms with Gasteiger partial charge in [0.25, 0.3) is 0 Å². The molecule has 15 heavy (non-hydrogen) atoms. The minimum Gasteiger partial charge on any atom is -0.261 e. The maximum atomic E-state index is 4.39. The number of nitrogens with zero attached hydrogens (tertiary/aromatic N) is 3. The molecule has 0 atom stereocenters. The molecule has 1 heterocycles. The van der Waals surface area contributed by atoms with Crippen LogP contribution < -0.4 is 5.43 Å². The van der Waals surface area contributed by atoms with Crippen molar-refractivity contribution in [2.75, 3.05) is 5.43 Å². The summed E-state index contributed by atoms with van der Waals surface area (Å²) in [6.45, 7) is 0. The normalized spacial score (nSPS) is 16.9. The monoisotopic (exact) mass is 204 g/mol. The van der Waals surface area contributed by atoms with Gasteiger partial charge in [-0.05, 0) is 25.7 Å². The highest BCUT2D eigenvalue weighted by Crippen LogP contribution is 2.15. The third-order valence-corrected chi connectivity index (χ3v) is 2.59. The number of anilines is 1. The van der Waals surface area contributed by atoms with Crippen molar-refractivity contribution in [1.29, 1.82) is 0 Å². The zero-order valence-electron chi connectivity index (χ0n) is 8.82. The number of rotatable bonds is 2. The number of hydrazone groups is 1. The summed E-state index contributed by atoms with van der Waals surface area (Å²) >= 11 is 0. The molecule has 0 bridgehead atoms. The van der Waals surface area contributed by atoms with E-state index in [9.17, 15) is 0 Å². The summed E-state index contributed by atoms with van der Waals surface area (Å²) in [5, 5.41) is 4.39. The van der Waals surface area contributed by atoms with Gasteiger partial charge < -0.3 is 0 Å². The SMILES string of the molecule is c1cc(NN=C2CCCCCC2)ncn1. The van der Waals surface area contributed by atoms with E-state index in [-0.39, 0.29) is 0 Å². The van der Waals surface area contributed by atoms with Crippen molar-refractivity contribution in [3.63, 3.8) is 0 Å². The molecule has 0 aliphatic heterocycles. The van der Waals surface area contributed by atoms with Crippen molar-refractivity contribution in [1.82, 2.24) is 9.97 Å². The number of aromatic nitrogens is 2. The molecule has 0 radical (unpaired) electrons. The highest BCUT2D eigenvalue weighted by atomic mass is 15.3. The first-order valence-corrected chi connectivity index (χ1v) is 5.52. The first-order valence-electron chi connectivity index (χ1n) is 5.52. The van der Waals surface area contributed by atoms with E-state index in [1.165, 1.54) is 37.7 Å². The van der Waals surface area contributed by atoms with Gasteiger partial charge in [0.15, 0.2) is 0 Å². The van der Waals surface area contributed by atoms with Crippen molar-refractivity contribution in [3.05, 3.63) is 18.6 Å². The summed E-state index contributed by atoms with van der Waals surface area (Å²) in [5.41, 5.74) is 4.25. The molecule has 2 rings (SSSR count). The Bertz CT molecular complexity index is 311. The lowest BCUT2D eigenvalue weighted by Gasteiger charge is -2.02. The fourth-order valence-corrected chi connectivity index (χ4v) is 1.74. The highest BCUT2D eigenvalue weighted by Gasteiger charge is 2.05. The largest absolute Gasteiger partial charge is 0.261 e. The van der Waals surface area contributed by atoms with Crippen LogP contribution in [0, 0.1) is 0 Å². The zero-order valence-corrected chi connectivity index (χ0v) is 8.82. The van der Waals surface area contributed by atoms with E-state index in [2.05, 4.69) is 20.5 Å². The second kappa shape index (κ2) is 5.44. The molecular weight excluding hydrogens is 188 g/mol. The van der Waals surface area contributed by atoms with Crippen molar-refractivity contribution in [2.24, 2.45) is 5.10 Å². The van der Waals surface area contributed by atoms with Crippen LogP contribution in [0.3, 0.4) is 0 Å². The van der Waals surface area contributed by atoms with Gasteiger partial charge in [0.05, 0.1) is 0 Å². The molecule has 0 unspecified atom stereocenters. The number of nitrogens with one attached hydrogen (secondary N) is 1. The number of hydrogen-bond donors (Lipinski definition) is 1. The Morgan fingerprint density at radius 2 is 1.93 bits per heavy atom. The predicted molar refractivity (Wildman–Crippen MR) is 60.8 cm³/mol. The zero-order chi connectivity index (χ0) is 10.3. The van der Waals surface area contributed by atoms with E-state index >= 15 is 0 Å². The summed E-state index contributed by atoms with van der Waals surface area (Å²) in [6, 6.07) is 1.82. The molecule has 0 saturated heterocycles. The van der Waals surface area contributed by atoms with Crippen LogP contribution in [-0.2, 0) is 0 Å². The minimum absolute atomic E-state index is 0.766. The maximum absolute atomic E-state index is 4.39. The van der Waals surface area contributed by atoms with Gasteiger partial charge in [-0.2, -0.15) is 5.10 Å². The molecule has 1 aromatic rings. The van der Waals surface area contributed by atoms with Crippen LogP contribution in [0.2, 0.25) is 0 Å². The van der Waals surface area contributed by atoms with Crippen molar-refractivity contribution >= 4 is 11.5 Å². The third kappa shape index (κ3) is 3.31. The van der Waals surface area contributed by atoms with E-state index in [0.29, 0.717) is 0 Å². The fourth-order valence-electron chi connectivity index (χ4n) is 1.74. The summed E-state index contributed by atoms with van der Waals surface area (Å²) in [5.74, 6) is 0.766. The summed E-state index contributed by atoms with van der Waals surface area (Å²) in [6.07, 6.45) is 10.7. The molecule has 1 aliphatic rings. The maximum Gasteiger partial charge on any atom is 0.149 e. The standard InChI is InChI=1S/C11H16N4/c1-2-4-6-10(5-3-1)14-15-11-7-8-12-9-13-11/h7-9H,1-6H2,(H,12,13,15). The summed E-state index contributed by atoms with van der Waals surface area (Å²) < 4.78 is 0. The quantitative estimate of drug-likeness (QED) is 0.595. The second-order valence-corrected chi connectivity index (χ2v) is 3.80. The van der Waals surface area contributed by atoms with Crippen molar-refractivity contribution in [3.8, 4) is 0 Å². The molecular formula is C11H16N4. The van der Waals surface area contributed by atoms with Gasteiger partial charge >= 0.3 is 0 Å². The molecule has 1 N–H and O–H groups in total. The van der Waals surface area contributed by atoms with Gasteiger partial charge in [-0.1, -0.05) is 12.8 Å². The fraction of sp³-hybridized carbons (Fsp3) is 0.545. The lowest BCUT2D eigenvalue weighted by Crippen LogP contribution is -2.01. The van der Waals surface area contributed by atoms with Gasteiger partial charge in [0, 0.05) is 18.0 Å². The van der Waals surface area contributed by atoms with Crippen molar-refractivity contribution < 1.29 is 0 Å². The Hall–Kier alpha value is -1.45. The van der Waals surface area contributed by atoms with Crippen LogP contribution in [-0.4, -0.2) is 15.7 Å². The van der Waals surface area contributed by atoms with Crippen molar-refractivity contribution in [2.45, 2.75) is 38.5 Å². The average molecular weight is 204 g/mol. The van der Waals surface area contributed by atoms with Gasteiger partial charge in [0.1, 0.15) is 12.1 Å². The van der Waals surface area contributed by atoms with Crippen LogP contribution >= 0.6 is 0 Å². The van der Waals surface area contributed by atoms with Gasteiger partial charge in [-0.3, -0.25) is 5.43 Å². The minimum atomic E-state index is 0.766. The average Bonchev–Trinajstić information content (AvgIpc) is 2.56. The predicted octanol–water partition coefficient (Wildman–Crippen LogP) is 2.60. The lowest BCUT2D eigenvalue weighted by atomic mass is 10.2. The van der Waals surface area contributed by atoms with Gasteiger partial charge in [0.2, 0.25) is 0 Å². The first-order chi connectivity index (χ1) is 7.45. The molecule has 1 aromatic heterocycles. The van der Waals surface area contributed by atoms with E-state index in [1.54, 1.807) is 6.20 Å². The Kier molecular flexibility index (Phi) is 3.65. The Morgan fingerprint density at radius 3 is 2.60 bits per heavy atom. The van der Waals surface area contributed by atoms with Crippen LogP contribution in [0.25, 0.3) is 0 Å². The molecule has 4 heteroatoms. The molecule has 1 saturated carbocycles. The Balaban J connectivity index is 1.92. The highest BCUT2D eigenvalue weighted by molar-refractivity contribution is 5.85. The molecule has 1 aliphatic carbocycles. The lowest BCUT2D eigenvalue weighted by molar-refractivity contribution is 0.702. The second-order valence-electron chi connectivity index (χ2n) is 3.80. The summed E-state index contributed by atoms with van der Waals surface area (Å²) in [7, 11) is 0. The molecule has 0 spiro atoms. The topological polar surface area (TPSA) is 50.2 Å². The molecule has 1 fully saturated rings. The van der Waals surface area contributed by atoms with E-state index in [0.717, 1.165) is 18.7 Å². The van der Waals surface area contributed by atoms with E-state index < -0.39 is 0 Å². The molecule has 0 aromatic carbocycles. The molecule has 4 nitrogen and oxygen atoms in total. The number of hydrogen-bond acceptors (Lipinski definition) is 4.